The van der Waals surface area contributed by atoms with Crippen molar-refractivity contribution in [1.82, 2.24) is 0 Å². The minimum Gasteiger partial charge on any atom is -0.490 e. The van der Waals surface area contributed by atoms with Gasteiger partial charge in [0.15, 0.2) is 11.5 Å². The first-order chi connectivity index (χ1) is 16.8. The van der Waals surface area contributed by atoms with Crippen molar-refractivity contribution >= 4 is 62.2 Å². The smallest absolute Gasteiger partial charge is 0.335 e. The number of carbonyl (C=O) groups excluding carboxylic acids is 1. The molecule has 0 unspecified atom stereocenters. The number of nitrogens with zero attached hydrogens (tertiary/aromatic N) is 1. The molecule has 0 spiro atoms. The van der Waals surface area contributed by atoms with Crippen LogP contribution in [0.5, 0.6) is 11.5 Å². The number of anilines is 1. The van der Waals surface area contributed by atoms with Crippen LogP contribution in [-0.2, 0) is 11.4 Å². The third-order valence-corrected chi connectivity index (χ3v) is 6.02. The van der Waals surface area contributed by atoms with Crippen LogP contribution in [0.15, 0.2) is 70.7 Å². The number of benzene rings is 3. The monoisotopic (exact) mass is 646 g/mol. The average Bonchev–Trinajstić information content (AvgIpc) is 2.83. The van der Waals surface area contributed by atoms with Gasteiger partial charge in [-0.1, -0.05) is 28.1 Å². The van der Waals surface area contributed by atoms with Crippen LogP contribution in [0.4, 0.5) is 5.69 Å². The van der Waals surface area contributed by atoms with Crippen LogP contribution >= 0.6 is 38.5 Å². The first-order valence-corrected chi connectivity index (χ1v) is 12.3. The van der Waals surface area contributed by atoms with Crippen LogP contribution in [0.25, 0.3) is 6.08 Å². The van der Waals surface area contributed by atoms with Gasteiger partial charge in [-0.05, 0) is 95.2 Å². The lowest BCUT2D eigenvalue weighted by Gasteiger charge is -2.15. The van der Waals surface area contributed by atoms with Gasteiger partial charge in [-0.25, -0.2) is 4.79 Å². The Kier molecular flexibility index (Phi) is 9.28. The van der Waals surface area contributed by atoms with Crippen molar-refractivity contribution in [2.75, 3.05) is 11.9 Å². The molecule has 3 aromatic rings. The Labute approximate surface area is 224 Å². The fraction of sp³-hybridized carbons (Fsp3) is 0.115. The normalized spacial score (nSPS) is 10.9. The molecule has 1 amide bonds. The summed E-state index contributed by atoms with van der Waals surface area (Å²) in [5.41, 5.74) is 2.13. The van der Waals surface area contributed by atoms with Crippen molar-refractivity contribution in [1.29, 1.82) is 5.26 Å². The number of nitriles is 1. The lowest BCUT2D eigenvalue weighted by Crippen LogP contribution is -2.13. The topological polar surface area (TPSA) is 109 Å². The van der Waals surface area contributed by atoms with Gasteiger partial charge in [-0.15, -0.1) is 0 Å². The molecule has 2 N–H and O–H groups in total. The molecular formula is C26H20BrIN2O5. The molecule has 0 saturated carbocycles. The van der Waals surface area contributed by atoms with E-state index < -0.39 is 11.9 Å². The van der Waals surface area contributed by atoms with Crippen molar-refractivity contribution < 1.29 is 24.2 Å². The Morgan fingerprint density at radius 3 is 2.40 bits per heavy atom. The summed E-state index contributed by atoms with van der Waals surface area (Å²) >= 11 is 5.45. The highest BCUT2D eigenvalue weighted by Crippen LogP contribution is 2.35. The van der Waals surface area contributed by atoms with Gasteiger partial charge >= 0.3 is 5.97 Å². The second-order valence-corrected chi connectivity index (χ2v) is 9.26. The highest BCUT2D eigenvalue weighted by Gasteiger charge is 2.15. The molecule has 0 aliphatic carbocycles. The number of carbonyl (C=O) groups is 2. The number of nitrogens with one attached hydrogen (secondary N) is 1. The van der Waals surface area contributed by atoms with Gasteiger partial charge < -0.3 is 19.9 Å². The maximum Gasteiger partial charge on any atom is 0.335 e. The summed E-state index contributed by atoms with van der Waals surface area (Å²) in [7, 11) is 0. The zero-order chi connectivity index (χ0) is 25.4. The average molecular weight is 647 g/mol. The highest BCUT2D eigenvalue weighted by molar-refractivity contribution is 14.1. The molecule has 9 heteroatoms. The highest BCUT2D eigenvalue weighted by atomic mass is 127. The van der Waals surface area contributed by atoms with Gasteiger partial charge in [-0.3, -0.25) is 4.79 Å². The Balaban J connectivity index is 1.81. The van der Waals surface area contributed by atoms with Gasteiger partial charge in [0.25, 0.3) is 5.91 Å². The van der Waals surface area contributed by atoms with Crippen molar-refractivity contribution in [2.24, 2.45) is 0 Å². The standard InChI is InChI=1S/C26H20BrIN2O5/c1-2-34-23-13-17(11-19(14-29)25(31)30-21-9-7-20(27)8-10-21)12-22(28)24(23)35-15-16-3-5-18(6-4-16)26(32)33/h3-13H,2,15H2,1H3,(H,30,31)(H,32,33)/b19-11+. The van der Waals surface area contributed by atoms with Gasteiger partial charge in [0.05, 0.1) is 15.7 Å². The zero-order valence-electron chi connectivity index (χ0n) is 18.5. The van der Waals surface area contributed by atoms with Gasteiger partial charge in [0, 0.05) is 10.2 Å². The summed E-state index contributed by atoms with van der Waals surface area (Å²) in [6, 6.07) is 18.9. The number of ether oxygens (including phenoxy) is 2. The van der Waals surface area contributed by atoms with Crippen LogP contribution in [-0.4, -0.2) is 23.6 Å². The number of hydrogen-bond donors (Lipinski definition) is 2. The number of halogens is 2. The van der Waals surface area contributed by atoms with Crippen LogP contribution in [0.3, 0.4) is 0 Å². The van der Waals surface area contributed by atoms with E-state index in [1.165, 1.54) is 18.2 Å². The van der Waals surface area contributed by atoms with E-state index in [0.29, 0.717) is 29.4 Å². The molecule has 0 aliphatic heterocycles. The van der Waals surface area contributed by atoms with Crippen LogP contribution in [0.2, 0.25) is 0 Å². The Morgan fingerprint density at radius 1 is 1.11 bits per heavy atom. The first-order valence-electron chi connectivity index (χ1n) is 10.4. The molecule has 0 aromatic heterocycles. The number of hydrogen-bond acceptors (Lipinski definition) is 5. The van der Waals surface area contributed by atoms with E-state index in [1.807, 2.05) is 13.0 Å². The molecule has 0 fully saturated rings. The van der Waals surface area contributed by atoms with Crippen molar-refractivity contribution in [2.45, 2.75) is 13.5 Å². The second kappa shape index (κ2) is 12.4. The lowest BCUT2D eigenvalue weighted by molar-refractivity contribution is -0.112. The maximum absolute atomic E-state index is 12.6. The lowest BCUT2D eigenvalue weighted by atomic mass is 10.1. The van der Waals surface area contributed by atoms with E-state index in [-0.39, 0.29) is 17.7 Å². The van der Waals surface area contributed by atoms with Crippen LogP contribution in [0.1, 0.15) is 28.4 Å². The Bertz CT molecular complexity index is 1300. The molecule has 0 bridgehead atoms. The number of carboxylic acid groups (broad SMARTS) is 1. The van der Waals surface area contributed by atoms with Crippen molar-refractivity contribution in [3.05, 3.63) is 91.0 Å². The van der Waals surface area contributed by atoms with Gasteiger partial charge in [0.1, 0.15) is 18.2 Å². The van der Waals surface area contributed by atoms with Gasteiger partial charge in [-0.2, -0.15) is 5.26 Å². The molecule has 178 valence electrons. The van der Waals surface area contributed by atoms with Crippen LogP contribution < -0.4 is 14.8 Å². The number of amides is 1. The second-order valence-electron chi connectivity index (χ2n) is 7.18. The molecule has 7 nitrogen and oxygen atoms in total. The molecule has 3 aromatic carbocycles. The van der Waals surface area contributed by atoms with Crippen LogP contribution in [0, 0.1) is 14.9 Å². The van der Waals surface area contributed by atoms with E-state index in [1.54, 1.807) is 48.5 Å². The van der Waals surface area contributed by atoms with Gasteiger partial charge in [0.2, 0.25) is 0 Å². The maximum atomic E-state index is 12.6. The Morgan fingerprint density at radius 2 is 1.80 bits per heavy atom. The molecular weight excluding hydrogens is 627 g/mol. The number of rotatable bonds is 9. The molecule has 3 rings (SSSR count). The predicted octanol–water partition coefficient (Wildman–Crippen LogP) is 6.28. The van der Waals surface area contributed by atoms with E-state index in [4.69, 9.17) is 14.6 Å². The molecule has 0 radical (unpaired) electrons. The van der Waals surface area contributed by atoms with E-state index in [9.17, 15) is 14.9 Å². The molecule has 35 heavy (non-hydrogen) atoms. The first kappa shape index (κ1) is 26.2. The summed E-state index contributed by atoms with van der Waals surface area (Å²) in [6.45, 7) is 2.45. The fourth-order valence-electron chi connectivity index (χ4n) is 3.02. The third-order valence-electron chi connectivity index (χ3n) is 4.69. The number of aromatic carboxylic acids is 1. The summed E-state index contributed by atoms with van der Waals surface area (Å²) in [4.78, 5) is 23.6. The van der Waals surface area contributed by atoms with E-state index >= 15 is 0 Å². The SMILES string of the molecule is CCOc1cc(/C=C(\C#N)C(=O)Nc2ccc(Br)cc2)cc(I)c1OCc1ccc(C(=O)O)cc1. The summed E-state index contributed by atoms with van der Waals surface area (Å²) in [6.07, 6.45) is 1.49. The molecule has 0 saturated heterocycles. The largest absolute Gasteiger partial charge is 0.490 e. The summed E-state index contributed by atoms with van der Waals surface area (Å²) in [5, 5.41) is 21.3. The van der Waals surface area contributed by atoms with E-state index in [0.717, 1.165) is 13.6 Å². The molecule has 0 heterocycles. The van der Waals surface area contributed by atoms with E-state index in [2.05, 4.69) is 43.8 Å². The van der Waals surface area contributed by atoms with Crippen molar-refractivity contribution in [3.8, 4) is 17.6 Å². The Hall–Kier alpha value is -3.36. The quantitative estimate of drug-likeness (QED) is 0.161. The zero-order valence-corrected chi connectivity index (χ0v) is 22.3. The van der Waals surface area contributed by atoms with Crippen molar-refractivity contribution in [3.63, 3.8) is 0 Å². The number of carboxylic acids is 1. The fourth-order valence-corrected chi connectivity index (χ4v) is 4.07. The minimum atomic E-state index is -0.989. The molecule has 0 aliphatic rings. The third kappa shape index (κ3) is 7.31. The predicted molar refractivity (Wildman–Crippen MR) is 144 cm³/mol. The molecule has 0 atom stereocenters. The minimum absolute atomic E-state index is 0.0571. The summed E-state index contributed by atoms with van der Waals surface area (Å²) in [5.74, 6) is -0.521. The summed E-state index contributed by atoms with van der Waals surface area (Å²) < 4.78 is 13.3.